The number of rotatable bonds is 2. The number of hydrogen-bond acceptors (Lipinski definition) is 2. The Morgan fingerprint density at radius 3 is 2.00 bits per heavy atom. The third-order valence-electron chi connectivity index (χ3n) is 14.9. The zero-order valence-electron chi connectivity index (χ0n) is 33.6. The van der Waals surface area contributed by atoms with Crippen molar-refractivity contribution in [2.24, 2.45) is 11.3 Å². The minimum absolute atomic E-state index is 0.0259. The summed E-state index contributed by atoms with van der Waals surface area (Å²) in [6.07, 6.45) is 9.52. The van der Waals surface area contributed by atoms with Gasteiger partial charge in [0.1, 0.15) is 0 Å². The van der Waals surface area contributed by atoms with Crippen molar-refractivity contribution in [1.82, 2.24) is 0 Å². The van der Waals surface area contributed by atoms with Gasteiger partial charge in [0.05, 0.1) is 0 Å². The van der Waals surface area contributed by atoms with Crippen LogP contribution in [0, 0.1) is 11.3 Å². The third kappa shape index (κ3) is 4.62. The first-order chi connectivity index (χ1) is 24.5. The van der Waals surface area contributed by atoms with E-state index in [2.05, 4.69) is 146 Å². The van der Waals surface area contributed by atoms with Gasteiger partial charge in [0.2, 0.25) is 0 Å². The predicted molar refractivity (Wildman–Crippen MR) is 224 cm³/mol. The fraction of sp³-hybridized carbons (Fsp3) is 0.510. The Bertz CT molecular complexity index is 2140. The highest BCUT2D eigenvalue weighted by Gasteiger charge is 2.53. The van der Waals surface area contributed by atoms with Crippen LogP contribution in [0.3, 0.4) is 0 Å². The van der Waals surface area contributed by atoms with Crippen molar-refractivity contribution in [2.45, 2.75) is 148 Å². The van der Waals surface area contributed by atoms with E-state index < -0.39 is 0 Å². The summed E-state index contributed by atoms with van der Waals surface area (Å²) < 4.78 is 0. The van der Waals surface area contributed by atoms with Gasteiger partial charge in [-0.2, -0.15) is 0 Å². The molecule has 4 aromatic rings. The number of hydrogen-bond donors (Lipinski definition) is 0. The van der Waals surface area contributed by atoms with E-state index in [1.807, 2.05) is 0 Å². The fourth-order valence-electron chi connectivity index (χ4n) is 12.0. The molecule has 0 saturated heterocycles. The first kappa shape index (κ1) is 33.1. The van der Waals surface area contributed by atoms with Gasteiger partial charge in [-0.15, -0.1) is 0 Å². The van der Waals surface area contributed by atoms with Crippen molar-refractivity contribution in [1.29, 1.82) is 0 Å². The minimum atomic E-state index is 0.0259. The van der Waals surface area contributed by atoms with E-state index in [-0.39, 0.29) is 23.0 Å². The molecule has 0 radical (unpaired) electrons. The van der Waals surface area contributed by atoms with Crippen LogP contribution in [0.25, 0.3) is 0 Å². The molecule has 4 aromatic carbocycles. The Kier molecular flexibility index (Phi) is 6.76. The number of nitrogens with zero attached hydrogens (tertiary/aromatic N) is 2. The molecule has 6 aliphatic rings. The van der Waals surface area contributed by atoms with Crippen molar-refractivity contribution in [3.63, 3.8) is 0 Å². The van der Waals surface area contributed by atoms with Crippen LogP contribution in [0.4, 0.5) is 28.4 Å². The van der Waals surface area contributed by atoms with Crippen LogP contribution in [0.1, 0.15) is 154 Å². The van der Waals surface area contributed by atoms with Crippen molar-refractivity contribution in [2.75, 3.05) is 9.80 Å². The average molecular weight is 687 g/mol. The maximum absolute atomic E-state index is 2.87. The molecular formula is C49H59BN2. The predicted octanol–water partition coefficient (Wildman–Crippen LogP) is 11.3. The molecule has 3 fully saturated rings. The Morgan fingerprint density at radius 1 is 0.673 bits per heavy atom. The summed E-state index contributed by atoms with van der Waals surface area (Å²) in [5, 5.41) is 0. The monoisotopic (exact) mass is 686 g/mol. The zero-order chi connectivity index (χ0) is 36.3. The van der Waals surface area contributed by atoms with Crippen molar-refractivity contribution < 1.29 is 0 Å². The van der Waals surface area contributed by atoms with Crippen LogP contribution in [0.2, 0.25) is 0 Å². The van der Waals surface area contributed by atoms with Crippen LogP contribution < -0.4 is 26.2 Å². The van der Waals surface area contributed by atoms with Crippen molar-refractivity contribution in [3.8, 4) is 0 Å². The molecule has 0 N–H and O–H groups in total. The normalized spacial score (nSPS) is 26.8. The summed E-state index contributed by atoms with van der Waals surface area (Å²) in [5.41, 5.74) is 19.8. The lowest BCUT2D eigenvalue weighted by atomic mass is 9.33. The summed E-state index contributed by atoms with van der Waals surface area (Å²) in [6, 6.07) is 28.4. The number of anilines is 5. The average Bonchev–Trinajstić information content (AvgIpc) is 3.85. The van der Waals surface area contributed by atoms with E-state index in [4.69, 9.17) is 0 Å². The van der Waals surface area contributed by atoms with Crippen LogP contribution in [-0.2, 0) is 16.2 Å². The molecule has 5 unspecified atom stereocenters. The third-order valence-corrected chi connectivity index (χ3v) is 14.9. The van der Waals surface area contributed by atoms with Crippen LogP contribution in [0.15, 0.2) is 66.7 Å². The molecule has 0 aromatic heterocycles. The first-order valence-electron chi connectivity index (χ1n) is 20.7. The van der Waals surface area contributed by atoms with E-state index in [0.717, 1.165) is 5.92 Å². The maximum Gasteiger partial charge on any atom is 0.252 e. The molecular weight excluding hydrogens is 627 g/mol. The molecule has 0 spiro atoms. The summed E-state index contributed by atoms with van der Waals surface area (Å²) in [4.78, 5) is 5.54. The SMILES string of the molecule is CC(C)(C)c1ccc2c(c1)B1c3cc(C(C)(C)C)cc4c3N(c3cc(C(C)(C)C)cc(c31)N2c1ccc(C2CC3CCC2(C)C3)cc1)C1CCCC41. The molecule has 0 amide bonds. The van der Waals surface area contributed by atoms with E-state index in [1.54, 1.807) is 22.3 Å². The molecule has 3 aliphatic heterocycles. The fourth-order valence-corrected chi connectivity index (χ4v) is 12.0. The molecule has 2 nitrogen and oxygen atoms in total. The highest BCUT2D eigenvalue weighted by molar-refractivity contribution is 7.00. The standard InChI is InChI=1S/C49H59BN2/c1-46(2,3)31-16-19-41-38(24-31)50-39-25-32(47(4,5)6)23-36-35-12-11-13-40(35)52(45(36)39)43-27-33(48(7,8)9)26-42(44(43)50)51(41)34-17-14-30(15-18-34)37-22-29-20-21-49(37,10)28-29/h14-19,23-27,29,35,37,40H,11-13,20-22,28H2,1-10H3. The van der Waals surface area contributed by atoms with Crippen LogP contribution in [-0.4, -0.2) is 12.8 Å². The highest BCUT2D eigenvalue weighted by Crippen LogP contribution is 2.61. The second-order valence-electron chi connectivity index (χ2n) is 21.3. The molecule has 2 bridgehead atoms. The van der Waals surface area contributed by atoms with Gasteiger partial charge in [-0.25, -0.2) is 0 Å². The van der Waals surface area contributed by atoms with Gasteiger partial charge in [-0.05, 0) is 147 Å². The van der Waals surface area contributed by atoms with Crippen molar-refractivity contribution in [3.05, 3.63) is 94.5 Å². The first-order valence-corrected chi connectivity index (χ1v) is 20.7. The Balaban J connectivity index is 1.25. The molecule has 3 heterocycles. The minimum Gasteiger partial charge on any atom is -0.338 e. The summed E-state index contributed by atoms with van der Waals surface area (Å²) in [5.74, 6) is 2.24. The van der Waals surface area contributed by atoms with E-state index >= 15 is 0 Å². The molecule has 52 heavy (non-hydrogen) atoms. The molecule has 3 saturated carbocycles. The Morgan fingerprint density at radius 2 is 1.35 bits per heavy atom. The maximum atomic E-state index is 2.87. The van der Waals surface area contributed by atoms with Gasteiger partial charge in [0.25, 0.3) is 6.71 Å². The van der Waals surface area contributed by atoms with Gasteiger partial charge in [-0.1, -0.05) is 112 Å². The van der Waals surface area contributed by atoms with Crippen LogP contribution >= 0.6 is 0 Å². The molecule has 3 heteroatoms. The lowest BCUT2D eigenvalue weighted by molar-refractivity contribution is 0.280. The smallest absolute Gasteiger partial charge is 0.252 e. The Hall–Kier alpha value is -3.46. The van der Waals surface area contributed by atoms with Crippen molar-refractivity contribution >= 4 is 51.5 Å². The molecule has 10 rings (SSSR count). The summed E-state index contributed by atoms with van der Waals surface area (Å²) in [6.45, 7) is 24.3. The topological polar surface area (TPSA) is 6.48 Å². The van der Waals surface area contributed by atoms with Crippen LogP contribution in [0.5, 0.6) is 0 Å². The zero-order valence-corrected chi connectivity index (χ0v) is 33.6. The lowest BCUT2D eigenvalue weighted by Crippen LogP contribution is -2.62. The highest BCUT2D eigenvalue weighted by atomic mass is 15.2. The second-order valence-corrected chi connectivity index (χ2v) is 21.3. The number of fused-ring (bicyclic) bond motifs is 9. The van der Waals surface area contributed by atoms with Gasteiger partial charge in [0.15, 0.2) is 0 Å². The van der Waals surface area contributed by atoms with E-state index in [0.29, 0.717) is 23.3 Å². The van der Waals surface area contributed by atoms with Gasteiger partial charge < -0.3 is 9.80 Å². The second kappa shape index (κ2) is 10.6. The molecule has 5 atom stereocenters. The quantitative estimate of drug-likeness (QED) is 0.171. The lowest BCUT2D eigenvalue weighted by Gasteiger charge is -2.46. The van der Waals surface area contributed by atoms with E-state index in [1.165, 1.54) is 95.3 Å². The largest absolute Gasteiger partial charge is 0.338 e. The van der Waals surface area contributed by atoms with Gasteiger partial charge >= 0.3 is 0 Å². The van der Waals surface area contributed by atoms with E-state index in [9.17, 15) is 0 Å². The Labute approximate surface area is 314 Å². The van der Waals surface area contributed by atoms with Gasteiger partial charge in [-0.3, -0.25) is 0 Å². The summed E-state index contributed by atoms with van der Waals surface area (Å²) >= 11 is 0. The number of benzene rings is 4. The summed E-state index contributed by atoms with van der Waals surface area (Å²) in [7, 11) is 0. The van der Waals surface area contributed by atoms with Gasteiger partial charge in [0, 0.05) is 40.4 Å². The molecule has 268 valence electrons. The molecule has 3 aliphatic carbocycles.